The molecule has 0 atom stereocenters. The number of Topliss-reactive ketones (excluding diaryl/α,β-unsaturated/α-hetero) is 1. The number of benzene rings is 3. The molecule has 0 aliphatic heterocycles. The maximum absolute atomic E-state index is 13.8. The molecule has 4 nitrogen and oxygen atoms in total. The van der Waals surface area contributed by atoms with Gasteiger partial charge in [0.2, 0.25) is 0 Å². The Hall–Kier alpha value is -3.12. The van der Waals surface area contributed by atoms with Gasteiger partial charge < -0.3 is 10.1 Å². The van der Waals surface area contributed by atoms with E-state index < -0.39 is 5.82 Å². The van der Waals surface area contributed by atoms with E-state index in [4.69, 9.17) is 4.74 Å². The average molecular weight is 395 g/mol. The highest BCUT2D eigenvalue weighted by molar-refractivity contribution is 7.99. The largest absolute Gasteiger partial charge is 0.484 e. The van der Waals surface area contributed by atoms with Crippen LogP contribution in [0.4, 0.5) is 10.1 Å². The van der Waals surface area contributed by atoms with Gasteiger partial charge in [-0.3, -0.25) is 9.59 Å². The SMILES string of the molecule is CC(=O)c1ccc(OCC(=O)Nc2ccccc2Sc2ccccc2)cc1F. The molecule has 0 spiro atoms. The smallest absolute Gasteiger partial charge is 0.262 e. The molecule has 1 N–H and O–H groups in total. The predicted octanol–water partition coefficient (Wildman–Crippen LogP) is 5.20. The van der Waals surface area contributed by atoms with Crippen molar-refractivity contribution >= 4 is 29.1 Å². The Bertz CT molecular complexity index is 992. The number of hydrogen-bond donors (Lipinski definition) is 1. The molecule has 6 heteroatoms. The van der Waals surface area contributed by atoms with Crippen molar-refractivity contribution in [2.75, 3.05) is 11.9 Å². The maximum Gasteiger partial charge on any atom is 0.262 e. The Morgan fingerprint density at radius 1 is 1.00 bits per heavy atom. The summed E-state index contributed by atoms with van der Waals surface area (Å²) in [4.78, 5) is 25.5. The first-order valence-electron chi connectivity index (χ1n) is 8.58. The summed E-state index contributed by atoms with van der Waals surface area (Å²) in [5, 5.41) is 2.81. The summed E-state index contributed by atoms with van der Waals surface area (Å²) >= 11 is 1.54. The normalized spacial score (nSPS) is 10.4. The van der Waals surface area contributed by atoms with Crippen LogP contribution in [0, 0.1) is 5.82 Å². The van der Waals surface area contributed by atoms with Crippen molar-refractivity contribution in [2.24, 2.45) is 0 Å². The van der Waals surface area contributed by atoms with Crippen LogP contribution in [0.25, 0.3) is 0 Å². The van der Waals surface area contributed by atoms with E-state index in [1.807, 2.05) is 54.6 Å². The van der Waals surface area contributed by atoms with Crippen LogP contribution in [-0.4, -0.2) is 18.3 Å². The molecular weight excluding hydrogens is 377 g/mol. The second kappa shape index (κ2) is 9.19. The Morgan fingerprint density at radius 2 is 1.71 bits per heavy atom. The number of hydrogen-bond acceptors (Lipinski definition) is 4. The monoisotopic (exact) mass is 395 g/mol. The molecule has 142 valence electrons. The third-order valence-corrected chi connectivity index (χ3v) is 4.91. The summed E-state index contributed by atoms with van der Waals surface area (Å²) in [5.41, 5.74) is 0.659. The zero-order valence-corrected chi connectivity index (χ0v) is 16.0. The van der Waals surface area contributed by atoms with E-state index >= 15 is 0 Å². The molecule has 3 rings (SSSR count). The Labute approximate surface area is 166 Å². The van der Waals surface area contributed by atoms with Crippen LogP contribution < -0.4 is 10.1 Å². The van der Waals surface area contributed by atoms with Gasteiger partial charge in [-0.25, -0.2) is 4.39 Å². The Morgan fingerprint density at radius 3 is 2.43 bits per heavy atom. The summed E-state index contributed by atoms with van der Waals surface area (Å²) in [6, 6.07) is 21.2. The predicted molar refractivity (Wildman–Crippen MR) is 108 cm³/mol. The molecule has 0 radical (unpaired) electrons. The minimum atomic E-state index is -0.671. The van der Waals surface area contributed by atoms with Crippen molar-refractivity contribution in [1.29, 1.82) is 0 Å². The standard InChI is InChI=1S/C22H18FNO3S/c1-15(25)18-12-11-16(13-19(18)23)27-14-22(26)24-20-9-5-6-10-21(20)28-17-7-3-2-4-8-17/h2-13H,14H2,1H3,(H,24,26). The van der Waals surface area contributed by atoms with Crippen molar-refractivity contribution < 1.29 is 18.7 Å². The first-order chi connectivity index (χ1) is 13.5. The van der Waals surface area contributed by atoms with E-state index in [1.54, 1.807) is 0 Å². The van der Waals surface area contributed by atoms with E-state index in [-0.39, 0.29) is 29.6 Å². The van der Waals surface area contributed by atoms with Crippen LogP contribution in [0.2, 0.25) is 0 Å². The minimum Gasteiger partial charge on any atom is -0.484 e. The number of ketones is 1. The number of carbonyl (C=O) groups excluding carboxylic acids is 2. The van der Waals surface area contributed by atoms with Crippen molar-refractivity contribution in [3.8, 4) is 5.75 Å². The minimum absolute atomic E-state index is 0.0105. The number of amides is 1. The van der Waals surface area contributed by atoms with Gasteiger partial charge in [0.1, 0.15) is 11.6 Å². The number of para-hydroxylation sites is 1. The molecule has 0 fully saturated rings. The van der Waals surface area contributed by atoms with Crippen LogP contribution in [0.15, 0.2) is 82.6 Å². The maximum atomic E-state index is 13.8. The zero-order chi connectivity index (χ0) is 19.9. The molecule has 0 bridgehead atoms. The van der Waals surface area contributed by atoms with Crippen molar-refractivity contribution in [2.45, 2.75) is 16.7 Å². The highest BCUT2D eigenvalue weighted by Crippen LogP contribution is 2.33. The van der Waals surface area contributed by atoms with Crippen molar-refractivity contribution in [3.05, 3.63) is 84.2 Å². The van der Waals surface area contributed by atoms with Gasteiger partial charge >= 0.3 is 0 Å². The number of carbonyl (C=O) groups is 2. The molecule has 0 unspecified atom stereocenters. The molecule has 3 aromatic rings. The summed E-state index contributed by atoms with van der Waals surface area (Å²) in [6.07, 6.45) is 0. The van der Waals surface area contributed by atoms with Gasteiger partial charge in [0, 0.05) is 15.9 Å². The molecule has 0 saturated heterocycles. The van der Waals surface area contributed by atoms with Crippen LogP contribution in [0.1, 0.15) is 17.3 Å². The second-order valence-electron chi connectivity index (χ2n) is 5.95. The number of halogens is 1. The van der Waals surface area contributed by atoms with E-state index in [2.05, 4.69) is 5.32 Å². The molecule has 0 saturated carbocycles. The van der Waals surface area contributed by atoms with Crippen LogP contribution in [0.3, 0.4) is 0 Å². The highest BCUT2D eigenvalue weighted by Gasteiger charge is 2.11. The van der Waals surface area contributed by atoms with Gasteiger partial charge in [0.15, 0.2) is 12.4 Å². The zero-order valence-electron chi connectivity index (χ0n) is 15.1. The van der Waals surface area contributed by atoms with Gasteiger partial charge in [-0.1, -0.05) is 42.1 Å². The Balaban J connectivity index is 1.62. The fourth-order valence-electron chi connectivity index (χ4n) is 2.48. The van der Waals surface area contributed by atoms with E-state index in [0.717, 1.165) is 15.9 Å². The number of rotatable bonds is 7. The quantitative estimate of drug-likeness (QED) is 0.559. The molecule has 28 heavy (non-hydrogen) atoms. The van der Waals surface area contributed by atoms with Crippen LogP contribution in [0.5, 0.6) is 5.75 Å². The van der Waals surface area contributed by atoms with E-state index in [1.165, 1.54) is 30.8 Å². The van der Waals surface area contributed by atoms with E-state index in [9.17, 15) is 14.0 Å². The third kappa shape index (κ3) is 5.20. The number of anilines is 1. The highest BCUT2D eigenvalue weighted by atomic mass is 32.2. The molecule has 0 aromatic heterocycles. The average Bonchev–Trinajstić information content (AvgIpc) is 2.68. The van der Waals surface area contributed by atoms with Crippen LogP contribution >= 0.6 is 11.8 Å². The lowest BCUT2D eigenvalue weighted by molar-refractivity contribution is -0.118. The summed E-state index contributed by atoms with van der Waals surface area (Å²) in [7, 11) is 0. The summed E-state index contributed by atoms with van der Waals surface area (Å²) in [6.45, 7) is 1.01. The summed E-state index contributed by atoms with van der Waals surface area (Å²) < 4.78 is 19.2. The lowest BCUT2D eigenvalue weighted by atomic mass is 10.1. The molecule has 0 heterocycles. The van der Waals surface area contributed by atoms with E-state index in [0.29, 0.717) is 5.69 Å². The second-order valence-corrected chi connectivity index (χ2v) is 7.06. The van der Waals surface area contributed by atoms with Gasteiger partial charge in [-0.05, 0) is 43.3 Å². The molecule has 0 aliphatic carbocycles. The van der Waals surface area contributed by atoms with Crippen molar-refractivity contribution in [3.63, 3.8) is 0 Å². The van der Waals surface area contributed by atoms with Gasteiger partial charge in [0.25, 0.3) is 5.91 Å². The van der Waals surface area contributed by atoms with Gasteiger partial charge in [-0.2, -0.15) is 0 Å². The van der Waals surface area contributed by atoms with Crippen LogP contribution in [-0.2, 0) is 4.79 Å². The van der Waals surface area contributed by atoms with Crippen molar-refractivity contribution in [1.82, 2.24) is 0 Å². The molecule has 3 aromatic carbocycles. The fraction of sp³-hybridized carbons (Fsp3) is 0.0909. The first kappa shape index (κ1) is 19.6. The Kier molecular flexibility index (Phi) is 6.45. The lowest BCUT2D eigenvalue weighted by Crippen LogP contribution is -2.20. The number of ether oxygens (including phenoxy) is 1. The molecular formula is C22H18FNO3S. The van der Waals surface area contributed by atoms with Gasteiger partial charge in [-0.15, -0.1) is 0 Å². The lowest BCUT2D eigenvalue weighted by Gasteiger charge is -2.12. The number of nitrogens with one attached hydrogen (secondary N) is 1. The van der Waals surface area contributed by atoms with Gasteiger partial charge in [0.05, 0.1) is 11.3 Å². The fourth-order valence-corrected chi connectivity index (χ4v) is 3.40. The first-order valence-corrected chi connectivity index (χ1v) is 9.39. The summed E-state index contributed by atoms with van der Waals surface area (Å²) in [5.74, 6) is -1.22. The topological polar surface area (TPSA) is 55.4 Å². The molecule has 1 amide bonds. The third-order valence-electron chi connectivity index (χ3n) is 3.82. The molecule has 0 aliphatic rings.